The SMILES string of the molecule is CCCCCCCCCCCCCCCCC(=O)O[C@H](COC(=O)CCCCCCCCCCCCCCC)COC(=O)CCCCCCCCCCCCC(C)C. The maximum absolute atomic E-state index is 12.8. The zero-order valence-corrected chi connectivity index (χ0v) is 39.5. The summed E-state index contributed by atoms with van der Waals surface area (Å²) in [6.45, 7) is 9.02. The summed E-state index contributed by atoms with van der Waals surface area (Å²) < 4.78 is 16.8. The third kappa shape index (κ3) is 45.5. The Labute approximate surface area is 361 Å². The van der Waals surface area contributed by atoms with Gasteiger partial charge in [0.15, 0.2) is 6.10 Å². The highest BCUT2D eigenvalue weighted by Crippen LogP contribution is 2.17. The highest BCUT2D eigenvalue weighted by atomic mass is 16.6. The summed E-state index contributed by atoms with van der Waals surface area (Å²) in [6.07, 6.45) is 48.0. The van der Waals surface area contributed by atoms with Crippen LogP contribution in [0.1, 0.15) is 291 Å². The van der Waals surface area contributed by atoms with Crippen molar-refractivity contribution in [1.29, 1.82) is 0 Å². The summed E-state index contributed by atoms with van der Waals surface area (Å²) in [6, 6.07) is 0. The van der Waals surface area contributed by atoms with Gasteiger partial charge in [-0.25, -0.2) is 0 Å². The molecule has 344 valence electrons. The Morgan fingerprint density at radius 1 is 0.328 bits per heavy atom. The van der Waals surface area contributed by atoms with Crippen molar-refractivity contribution in [3.8, 4) is 0 Å². The summed E-state index contributed by atoms with van der Waals surface area (Å²) in [5.74, 6) is -0.0256. The predicted octanol–water partition coefficient (Wildman–Crippen LogP) is 16.7. The second-order valence-corrected chi connectivity index (χ2v) is 18.3. The van der Waals surface area contributed by atoms with Crippen LogP contribution in [0.25, 0.3) is 0 Å². The van der Waals surface area contributed by atoms with E-state index in [1.807, 2.05) is 0 Å². The molecule has 0 unspecified atom stereocenters. The van der Waals surface area contributed by atoms with Crippen molar-refractivity contribution < 1.29 is 28.6 Å². The van der Waals surface area contributed by atoms with E-state index in [-0.39, 0.29) is 31.1 Å². The van der Waals surface area contributed by atoms with Crippen LogP contribution in [0.15, 0.2) is 0 Å². The summed E-state index contributed by atoms with van der Waals surface area (Å²) in [5, 5.41) is 0. The third-order valence-electron chi connectivity index (χ3n) is 11.8. The van der Waals surface area contributed by atoms with Crippen LogP contribution in [0, 0.1) is 5.92 Å². The zero-order valence-electron chi connectivity index (χ0n) is 39.5. The molecule has 0 aliphatic rings. The minimum atomic E-state index is -0.760. The van der Waals surface area contributed by atoms with E-state index in [0.717, 1.165) is 63.7 Å². The summed E-state index contributed by atoms with van der Waals surface area (Å²) in [4.78, 5) is 37.9. The normalized spacial score (nSPS) is 11.9. The largest absolute Gasteiger partial charge is 0.462 e. The minimum Gasteiger partial charge on any atom is -0.462 e. The lowest BCUT2D eigenvalue weighted by molar-refractivity contribution is -0.167. The van der Waals surface area contributed by atoms with Crippen LogP contribution in [-0.4, -0.2) is 37.2 Å². The molecule has 0 saturated carbocycles. The first-order valence-corrected chi connectivity index (χ1v) is 25.9. The second-order valence-electron chi connectivity index (χ2n) is 18.3. The summed E-state index contributed by atoms with van der Waals surface area (Å²) in [7, 11) is 0. The van der Waals surface area contributed by atoms with Gasteiger partial charge in [-0.05, 0) is 25.2 Å². The van der Waals surface area contributed by atoms with Crippen molar-refractivity contribution >= 4 is 17.9 Å². The molecule has 0 aromatic carbocycles. The van der Waals surface area contributed by atoms with Crippen molar-refractivity contribution in [1.82, 2.24) is 0 Å². The number of carbonyl (C=O) groups excluding carboxylic acids is 3. The Bertz CT molecular complexity index is 872. The first-order valence-electron chi connectivity index (χ1n) is 25.9. The quantitative estimate of drug-likeness (QED) is 0.0346. The van der Waals surface area contributed by atoms with Gasteiger partial charge in [-0.1, -0.05) is 252 Å². The molecule has 6 heteroatoms. The molecule has 6 nitrogen and oxygen atoms in total. The van der Waals surface area contributed by atoms with E-state index in [0.29, 0.717) is 19.3 Å². The van der Waals surface area contributed by atoms with Gasteiger partial charge in [-0.3, -0.25) is 14.4 Å². The van der Waals surface area contributed by atoms with Gasteiger partial charge in [0.2, 0.25) is 0 Å². The highest BCUT2D eigenvalue weighted by molar-refractivity contribution is 5.71. The van der Waals surface area contributed by atoms with E-state index >= 15 is 0 Å². The Balaban J connectivity index is 4.32. The van der Waals surface area contributed by atoms with Crippen molar-refractivity contribution in [2.24, 2.45) is 5.92 Å². The average molecular weight is 821 g/mol. The topological polar surface area (TPSA) is 78.9 Å². The molecule has 0 saturated heterocycles. The second kappa shape index (κ2) is 46.5. The molecule has 0 N–H and O–H groups in total. The van der Waals surface area contributed by atoms with E-state index in [1.54, 1.807) is 0 Å². The molecule has 0 aromatic rings. The Kier molecular flexibility index (Phi) is 45.2. The molecular formula is C52H100O6. The van der Waals surface area contributed by atoms with E-state index < -0.39 is 6.10 Å². The maximum atomic E-state index is 12.8. The number of rotatable bonds is 47. The lowest BCUT2D eigenvalue weighted by Gasteiger charge is -2.18. The maximum Gasteiger partial charge on any atom is 0.306 e. The average Bonchev–Trinajstić information content (AvgIpc) is 3.21. The van der Waals surface area contributed by atoms with Crippen molar-refractivity contribution in [3.63, 3.8) is 0 Å². The van der Waals surface area contributed by atoms with Gasteiger partial charge in [-0.2, -0.15) is 0 Å². The first kappa shape index (κ1) is 56.4. The molecular weight excluding hydrogens is 721 g/mol. The smallest absolute Gasteiger partial charge is 0.306 e. The van der Waals surface area contributed by atoms with Crippen LogP contribution in [0.5, 0.6) is 0 Å². The standard InChI is InChI=1S/C52H100O6/c1-5-7-9-11-13-15-17-19-21-23-29-33-37-41-45-52(55)58-49(46-56-50(53)43-39-35-31-27-22-20-18-16-14-12-10-8-6-2)47-57-51(54)44-40-36-32-28-25-24-26-30-34-38-42-48(3)4/h48-49H,5-47H2,1-4H3/t49-/m1/s1. The molecule has 0 aliphatic carbocycles. The van der Waals surface area contributed by atoms with Crippen LogP contribution in [0.4, 0.5) is 0 Å². The number of ether oxygens (including phenoxy) is 3. The van der Waals surface area contributed by atoms with Crippen molar-refractivity contribution in [3.05, 3.63) is 0 Å². The van der Waals surface area contributed by atoms with Gasteiger partial charge in [0, 0.05) is 19.3 Å². The van der Waals surface area contributed by atoms with E-state index in [1.165, 1.54) is 186 Å². The highest BCUT2D eigenvalue weighted by Gasteiger charge is 2.19. The molecule has 58 heavy (non-hydrogen) atoms. The number of hydrogen-bond donors (Lipinski definition) is 0. The fourth-order valence-corrected chi connectivity index (χ4v) is 7.86. The van der Waals surface area contributed by atoms with Crippen LogP contribution < -0.4 is 0 Å². The Hall–Kier alpha value is -1.59. The van der Waals surface area contributed by atoms with Crippen LogP contribution in [0.3, 0.4) is 0 Å². The number of carbonyl (C=O) groups is 3. The lowest BCUT2D eigenvalue weighted by Crippen LogP contribution is -2.30. The summed E-state index contributed by atoms with van der Waals surface area (Å²) in [5.41, 5.74) is 0. The van der Waals surface area contributed by atoms with E-state index in [2.05, 4.69) is 27.7 Å². The van der Waals surface area contributed by atoms with Crippen molar-refractivity contribution in [2.45, 2.75) is 297 Å². The third-order valence-corrected chi connectivity index (χ3v) is 11.8. The molecule has 0 spiro atoms. The lowest BCUT2D eigenvalue weighted by atomic mass is 10.0. The molecule has 0 amide bonds. The number of esters is 3. The monoisotopic (exact) mass is 821 g/mol. The zero-order chi connectivity index (χ0) is 42.4. The molecule has 1 atom stereocenters. The van der Waals surface area contributed by atoms with Crippen LogP contribution in [0.2, 0.25) is 0 Å². The molecule has 0 radical (unpaired) electrons. The number of hydrogen-bond acceptors (Lipinski definition) is 6. The van der Waals surface area contributed by atoms with E-state index in [9.17, 15) is 14.4 Å². The molecule has 0 bridgehead atoms. The fourth-order valence-electron chi connectivity index (χ4n) is 7.86. The molecule has 0 aliphatic heterocycles. The Morgan fingerprint density at radius 2 is 0.569 bits per heavy atom. The van der Waals surface area contributed by atoms with Crippen molar-refractivity contribution in [2.75, 3.05) is 13.2 Å². The van der Waals surface area contributed by atoms with Gasteiger partial charge in [-0.15, -0.1) is 0 Å². The van der Waals surface area contributed by atoms with Crippen LogP contribution >= 0.6 is 0 Å². The van der Waals surface area contributed by atoms with Crippen LogP contribution in [-0.2, 0) is 28.6 Å². The molecule has 0 aromatic heterocycles. The van der Waals surface area contributed by atoms with Gasteiger partial charge in [0.25, 0.3) is 0 Å². The van der Waals surface area contributed by atoms with Gasteiger partial charge in [0.1, 0.15) is 13.2 Å². The van der Waals surface area contributed by atoms with Gasteiger partial charge >= 0.3 is 17.9 Å². The molecule has 0 heterocycles. The van der Waals surface area contributed by atoms with E-state index in [4.69, 9.17) is 14.2 Å². The summed E-state index contributed by atoms with van der Waals surface area (Å²) >= 11 is 0. The predicted molar refractivity (Wildman–Crippen MR) is 247 cm³/mol. The van der Waals surface area contributed by atoms with Gasteiger partial charge < -0.3 is 14.2 Å². The first-order chi connectivity index (χ1) is 28.4. The fraction of sp³-hybridized carbons (Fsp3) is 0.942. The number of unbranched alkanes of at least 4 members (excludes halogenated alkanes) is 34. The minimum absolute atomic E-state index is 0.0627. The molecule has 0 fully saturated rings. The van der Waals surface area contributed by atoms with Gasteiger partial charge in [0.05, 0.1) is 0 Å². The molecule has 0 rings (SSSR count). The Morgan fingerprint density at radius 3 is 0.845 bits per heavy atom.